The van der Waals surface area contributed by atoms with Crippen LogP contribution in [0.15, 0.2) is 42.6 Å². The molecule has 1 saturated carbocycles. The van der Waals surface area contributed by atoms with Gasteiger partial charge in [-0.05, 0) is 37.1 Å². The summed E-state index contributed by atoms with van der Waals surface area (Å²) in [5.41, 5.74) is 1.48. The Bertz CT molecular complexity index is 664. The molecule has 23 heavy (non-hydrogen) atoms. The Morgan fingerprint density at radius 2 is 2.04 bits per heavy atom. The van der Waals surface area contributed by atoms with Gasteiger partial charge in [0.05, 0.1) is 12.7 Å². The van der Waals surface area contributed by atoms with Crippen LogP contribution in [0, 0.1) is 0 Å². The smallest absolute Gasteiger partial charge is 0.253 e. The van der Waals surface area contributed by atoms with Crippen molar-refractivity contribution in [3.05, 3.63) is 48.2 Å². The van der Waals surface area contributed by atoms with E-state index in [9.17, 15) is 4.79 Å². The van der Waals surface area contributed by atoms with E-state index >= 15 is 0 Å². The van der Waals surface area contributed by atoms with Crippen molar-refractivity contribution in [2.24, 2.45) is 0 Å². The molecule has 1 heterocycles. The fourth-order valence-corrected chi connectivity index (χ4v) is 2.79. The van der Waals surface area contributed by atoms with Gasteiger partial charge < -0.3 is 15.4 Å². The van der Waals surface area contributed by atoms with Gasteiger partial charge in [-0.2, -0.15) is 0 Å². The summed E-state index contributed by atoms with van der Waals surface area (Å²) in [4.78, 5) is 16.5. The van der Waals surface area contributed by atoms with Crippen molar-refractivity contribution < 1.29 is 9.53 Å². The molecule has 0 saturated heterocycles. The van der Waals surface area contributed by atoms with E-state index in [1.54, 1.807) is 19.4 Å². The van der Waals surface area contributed by atoms with Crippen LogP contribution in [0.5, 0.6) is 5.75 Å². The van der Waals surface area contributed by atoms with Crippen LogP contribution in [0.3, 0.4) is 0 Å². The Kier molecular flexibility index (Phi) is 4.76. The Morgan fingerprint density at radius 1 is 1.22 bits per heavy atom. The summed E-state index contributed by atoms with van der Waals surface area (Å²) >= 11 is 0. The number of anilines is 2. The van der Waals surface area contributed by atoms with Crippen LogP contribution in [0.4, 0.5) is 11.5 Å². The van der Waals surface area contributed by atoms with Crippen molar-refractivity contribution in [2.45, 2.75) is 31.7 Å². The number of nitrogens with zero attached hydrogens (tertiary/aromatic N) is 1. The monoisotopic (exact) mass is 311 g/mol. The molecule has 1 aliphatic rings. The van der Waals surface area contributed by atoms with E-state index in [0.717, 1.165) is 24.3 Å². The molecule has 120 valence electrons. The van der Waals surface area contributed by atoms with E-state index in [4.69, 9.17) is 4.74 Å². The number of amides is 1. The lowest BCUT2D eigenvalue weighted by Crippen LogP contribution is -2.32. The molecule has 1 amide bonds. The van der Waals surface area contributed by atoms with Gasteiger partial charge in [-0.1, -0.05) is 18.9 Å². The molecule has 0 atom stereocenters. The number of pyridine rings is 1. The van der Waals surface area contributed by atoms with Crippen LogP contribution < -0.4 is 15.4 Å². The number of nitrogens with one attached hydrogen (secondary N) is 2. The SMILES string of the molecule is COc1cccc(Nc2ccc(C(=O)NC3CCCC3)cn2)c1. The van der Waals surface area contributed by atoms with E-state index in [0.29, 0.717) is 17.4 Å². The van der Waals surface area contributed by atoms with Gasteiger partial charge in [0.25, 0.3) is 5.91 Å². The predicted molar refractivity (Wildman–Crippen MR) is 90.2 cm³/mol. The number of hydrogen-bond acceptors (Lipinski definition) is 4. The van der Waals surface area contributed by atoms with Crippen molar-refractivity contribution in [1.29, 1.82) is 0 Å². The van der Waals surface area contributed by atoms with Gasteiger partial charge in [0, 0.05) is 24.0 Å². The summed E-state index contributed by atoms with van der Waals surface area (Å²) in [6, 6.07) is 11.5. The van der Waals surface area contributed by atoms with Gasteiger partial charge in [0.2, 0.25) is 0 Å². The fraction of sp³-hybridized carbons (Fsp3) is 0.333. The normalized spacial score (nSPS) is 14.5. The predicted octanol–water partition coefficient (Wildman–Crippen LogP) is 3.51. The summed E-state index contributed by atoms with van der Waals surface area (Å²) in [6.07, 6.45) is 6.16. The summed E-state index contributed by atoms with van der Waals surface area (Å²) in [5.74, 6) is 1.43. The van der Waals surface area contributed by atoms with Gasteiger partial charge in [-0.25, -0.2) is 4.98 Å². The maximum atomic E-state index is 12.2. The Morgan fingerprint density at radius 3 is 2.74 bits per heavy atom. The van der Waals surface area contributed by atoms with Gasteiger partial charge in [-0.3, -0.25) is 4.79 Å². The van der Waals surface area contributed by atoms with E-state index in [1.165, 1.54) is 12.8 Å². The van der Waals surface area contributed by atoms with Crippen LogP contribution in [0.1, 0.15) is 36.0 Å². The molecule has 5 nitrogen and oxygen atoms in total. The van der Waals surface area contributed by atoms with E-state index in [1.807, 2.05) is 30.3 Å². The second-order valence-electron chi connectivity index (χ2n) is 5.74. The first-order valence-corrected chi connectivity index (χ1v) is 7.92. The van der Waals surface area contributed by atoms with Crippen molar-refractivity contribution in [3.8, 4) is 5.75 Å². The molecular weight excluding hydrogens is 290 g/mol. The van der Waals surface area contributed by atoms with Crippen molar-refractivity contribution in [2.75, 3.05) is 12.4 Å². The lowest BCUT2D eigenvalue weighted by Gasteiger charge is -2.12. The number of aromatic nitrogens is 1. The largest absolute Gasteiger partial charge is 0.497 e. The molecule has 1 aromatic carbocycles. The zero-order chi connectivity index (χ0) is 16.1. The third kappa shape index (κ3) is 4.00. The molecular formula is C18H21N3O2. The molecule has 0 bridgehead atoms. The van der Waals surface area contributed by atoms with Crippen molar-refractivity contribution in [3.63, 3.8) is 0 Å². The van der Waals surface area contributed by atoms with Gasteiger partial charge >= 0.3 is 0 Å². The quantitative estimate of drug-likeness (QED) is 0.887. The highest BCUT2D eigenvalue weighted by Gasteiger charge is 2.18. The maximum Gasteiger partial charge on any atom is 0.253 e. The number of ether oxygens (including phenoxy) is 1. The minimum Gasteiger partial charge on any atom is -0.497 e. The molecule has 1 aromatic heterocycles. The highest BCUT2D eigenvalue weighted by atomic mass is 16.5. The highest BCUT2D eigenvalue weighted by molar-refractivity contribution is 5.94. The zero-order valence-electron chi connectivity index (χ0n) is 13.2. The molecule has 1 aliphatic carbocycles. The first-order valence-electron chi connectivity index (χ1n) is 7.92. The lowest BCUT2D eigenvalue weighted by atomic mass is 10.2. The average Bonchev–Trinajstić information content (AvgIpc) is 3.08. The van der Waals surface area contributed by atoms with E-state index in [2.05, 4.69) is 15.6 Å². The van der Waals surface area contributed by atoms with Crippen LogP contribution in [-0.4, -0.2) is 24.0 Å². The Hall–Kier alpha value is -2.56. The van der Waals surface area contributed by atoms with Gasteiger partial charge in [0.1, 0.15) is 11.6 Å². The lowest BCUT2D eigenvalue weighted by molar-refractivity contribution is 0.0937. The minimum atomic E-state index is -0.0441. The summed E-state index contributed by atoms with van der Waals surface area (Å²) in [5, 5.41) is 6.26. The topological polar surface area (TPSA) is 63.2 Å². The Labute approximate surface area is 136 Å². The number of rotatable bonds is 5. The third-order valence-corrected chi connectivity index (χ3v) is 4.06. The van der Waals surface area contributed by atoms with Gasteiger partial charge in [-0.15, -0.1) is 0 Å². The zero-order valence-corrected chi connectivity index (χ0v) is 13.2. The minimum absolute atomic E-state index is 0.0441. The maximum absolute atomic E-state index is 12.2. The molecule has 2 N–H and O–H groups in total. The molecule has 3 rings (SSSR count). The number of carbonyl (C=O) groups excluding carboxylic acids is 1. The van der Waals surface area contributed by atoms with Crippen LogP contribution in [-0.2, 0) is 0 Å². The van der Waals surface area contributed by atoms with E-state index in [-0.39, 0.29) is 5.91 Å². The second-order valence-corrected chi connectivity index (χ2v) is 5.74. The molecule has 1 fully saturated rings. The second kappa shape index (κ2) is 7.13. The summed E-state index contributed by atoms with van der Waals surface area (Å²) in [6.45, 7) is 0. The van der Waals surface area contributed by atoms with Crippen LogP contribution in [0.2, 0.25) is 0 Å². The average molecular weight is 311 g/mol. The van der Waals surface area contributed by atoms with Crippen LogP contribution in [0.25, 0.3) is 0 Å². The van der Waals surface area contributed by atoms with E-state index < -0.39 is 0 Å². The molecule has 2 aromatic rings. The third-order valence-electron chi connectivity index (χ3n) is 4.06. The van der Waals surface area contributed by atoms with Crippen molar-refractivity contribution in [1.82, 2.24) is 10.3 Å². The fourth-order valence-electron chi connectivity index (χ4n) is 2.79. The molecule has 0 spiro atoms. The summed E-state index contributed by atoms with van der Waals surface area (Å²) in [7, 11) is 1.63. The van der Waals surface area contributed by atoms with Gasteiger partial charge in [0.15, 0.2) is 0 Å². The molecule has 0 unspecified atom stereocenters. The first-order chi connectivity index (χ1) is 11.2. The number of hydrogen-bond donors (Lipinski definition) is 2. The molecule has 0 aliphatic heterocycles. The Balaban J connectivity index is 1.63. The molecule has 0 radical (unpaired) electrons. The first kappa shape index (κ1) is 15.3. The number of benzene rings is 1. The summed E-state index contributed by atoms with van der Waals surface area (Å²) < 4.78 is 5.19. The standard InChI is InChI=1S/C18H21N3O2/c1-23-16-8-4-7-15(11-16)20-17-10-9-13(12-19-17)18(22)21-14-5-2-3-6-14/h4,7-12,14H,2-3,5-6H2,1H3,(H,19,20)(H,21,22). The van der Waals surface area contributed by atoms with Crippen LogP contribution >= 0.6 is 0 Å². The highest BCUT2D eigenvalue weighted by Crippen LogP contribution is 2.21. The van der Waals surface area contributed by atoms with Crippen molar-refractivity contribution >= 4 is 17.4 Å². The number of methoxy groups -OCH3 is 1. The molecule has 5 heteroatoms. The number of carbonyl (C=O) groups is 1.